The quantitative estimate of drug-likeness (QED) is 0.764. The van der Waals surface area contributed by atoms with Crippen LogP contribution in [0.5, 0.6) is 0 Å². The van der Waals surface area contributed by atoms with Gasteiger partial charge < -0.3 is 9.63 Å². The Morgan fingerprint density at radius 3 is 2.65 bits per heavy atom. The maximum Gasteiger partial charge on any atom is 0.472 e. The van der Waals surface area contributed by atoms with Crippen molar-refractivity contribution in [1.29, 1.82) is 0 Å². The molecule has 0 bridgehead atoms. The lowest BCUT2D eigenvalue weighted by molar-refractivity contribution is 0.00348. The molecule has 114 valence electrons. The van der Waals surface area contributed by atoms with E-state index in [1.54, 1.807) is 0 Å². The van der Waals surface area contributed by atoms with Gasteiger partial charge in [-0.25, -0.2) is 4.57 Å². The van der Waals surface area contributed by atoms with E-state index in [1.807, 2.05) is 25.2 Å². The number of phosphoric ester groups is 1. The van der Waals surface area contributed by atoms with Crippen LogP contribution in [0.25, 0.3) is 0 Å². The molecule has 0 aromatic heterocycles. The average Bonchev–Trinajstić information content (AvgIpc) is 2.99. The van der Waals surface area contributed by atoms with Gasteiger partial charge in [0.25, 0.3) is 0 Å². The van der Waals surface area contributed by atoms with Gasteiger partial charge in [0.05, 0.1) is 25.4 Å². The maximum atomic E-state index is 11.8. The smallest absolute Gasteiger partial charge is 0.372 e. The van der Waals surface area contributed by atoms with Crippen molar-refractivity contribution in [2.24, 2.45) is 11.8 Å². The molecular weight excluding hydrogens is 279 g/mol. The summed E-state index contributed by atoms with van der Waals surface area (Å²) >= 11 is 0. The van der Waals surface area contributed by atoms with E-state index in [4.69, 9.17) is 13.8 Å². The number of rotatable bonds is 6. The van der Waals surface area contributed by atoms with Crippen LogP contribution in [0.3, 0.4) is 0 Å². The number of hydrogen-bond acceptors (Lipinski definition) is 4. The lowest BCUT2D eigenvalue weighted by atomic mass is 9.91. The first-order chi connectivity index (χ1) is 9.39. The summed E-state index contributed by atoms with van der Waals surface area (Å²) in [4.78, 5) is 9.66. The third-order valence-corrected chi connectivity index (χ3v) is 5.14. The summed E-state index contributed by atoms with van der Waals surface area (Å²) in [7, 11) is -4.01. The predicted molar refractivity (Wildman–Crippen MR) is 76.2 cm³/mol. The number of allylic oxidation sites excluding steroid dienone is 3. The van der Waals surface area contributed by atoms with Crippen LogP contribution in [0.2, 0.25) is 0 Å². The van der Waals surface area contributed by atoms with Crippen LogP contribution < -0.4 is 0 Å². The van der Waals surface area contributed by atoms with Crippen LogP contribution in [0.1, 0.15) is 27.2 Å². The molecule has 0 saturated carbocycles. The largest absolute Gasteiger partial charge is 0.472 e. The molecule has 2 aliphatic rings. The molecule has 2 unspecified atom stereocenters. The predicted octanol–water partition coefficient (Wildman–Crippen LogP) is 3.07. The third kappa shape index (κ3) is 4.03. The standard InChI is InChI=1S/C14H23O5P/c1-10-11(2)14(19-12(10)3)9-18-20(15,16)17-8-13-6-4-5-7-13/h4-6,10-12,14H,7-9H2,1-3H3,(H,15,16)/t10-,11?,12-,14+/m0/s1. The third-order valence-electron chi connectivity index (χ3n) is 4.21. The van der Waals surface area contributed by atoms with Crippen LogP contribution in [0.15, 0.2) is 23.8 Å². The maximum absolute atomic E-state index is 11.8. The minimum Gasteiger partial charge on any atom is -0.372 e. The van der Waals surface area contributed by atoms with Crippen molar-refractivity contribution in [1.82, 2.24) is 0 Å². The summed E-state index contributed by atoms with van der Waals surface area (Å²) in [5.74, 6) is 0.712. The molecule has 1 heterocycles. The van der Waals surface area contributed by atoms with Gasteiger partial charge in [-0.3, -0.25) is 9.05 Å². The van der Waals surface area contributed by atoms with Gasteiger partial charge >= 0.3 is 7.82 Å². The highest BCUT2D eigenvalue weighted by molar-refractivity contribution is 7.47. The Morgan fingerprint density at radius 2 is 2.10 bits per heavy atom. The lowest BCUT2D eigenvalue weighted by Crippen LogP contribution is -2.22. The lowest BCUT2D eigenvalue weighted by Gasteiger charge is -2.18. The Bertz CT molecular complexity index is 445. The van der Waals surface area contributed by atoms with Crippen molar-refractivity contribution in [3.05, 3.63) is 23.8 Å². The average molecular weight is 302 g/mol. The van der Waals surface area contributed by atoms with Crippen LogP contribution >= 0.6 is 7.82 Å². The van der Waals surface area contributed by atoms with Gasteiger partial charge in [0, 0.05) is 0 Å². The SMILES string of the molecule is CC1[C@@H](COP(=O)(O)OCC2=CC=CC2)O[C@@H](C)[C@H]1C. The zero-order chi connectivity index (χ0) is 14.8. The molecule has 1 aliphatic heterocycles. The van der Waals surface area contributed by atoms with Crippen molar-refractivity contribution in [3.63, 3.8) is 0 Å². The fourth-order valence-electron chi connectivity index (χ4n) is 2.45. The molecular formula is C14H23O5P. The Morgan fingerprint density at radius 1 is 1.35 bits per heavy atom. The first-order valence-corrected chi connectivity index (χ1v) is 8.50. The molecule has 0 spiro atoms. The monoisotopic (exact) mass is 302 g/mol. The molecule has 1 aliphatic carbocycles. The van der Waals surface area contributed by atoms with E-state index in [-0.39, 0.29) is 25.4 Å². The summed E-state index contributed by atoms with van der Waals surface area (Å²) in [5.41, 5.74) is 0.968. The summed E-state index contributed by atoms with van der Waals surface area (Å²) in [6, 6.07) is 0. The van der Waals surface area contributed by atoms with Gasteiger partial charge in [-0.1, -0.05) is 32.1 Å². The van der Waals surface area contributed by atoms with Gasteiger partial charge in [0.1, 0.15) is 0 Å². The zero-order valence-electron chi connectivity index (χ0n) is 12.2. The van der Waals surface area contributed by atoms with E-state index in [1.165, 1.54) is 0 Å². The van der Waals surface area contributed by atoms with Gasteiger partial charge in [0.2, 0.25) is 0 Å². The van der Waals surface area contributed by atoms with Crippen molar-refractivity contribution >= 4 is 7.82 Å². The summed E-state index contributed by atoms with van der Waals surface area (Å²) in [5, 5.41) is 0. The van der Waals surface area contributed by atoms with Crippen LogP contribution in [-0.2, 0) is 18.3 Å². The van der Waals surface area contributed by atoms with E-state index >= 15 is 0 Å². The van der Waals surface area contributed by atoms with Gasteiger partial charge in [-0.15, -0.1) is 0 Å². The van der Waals surface area contributed by atoms with Crippen LogP contribution in [-0.4, -0.2) is 30.3 Å². The summed E-state index contributed by atoms with van der Waals surface area (Å²) < 4.78 is 27.6. The van der Waals surface area contributed by atoms with Crippen molar-refractivity contribution in [2.45, 2.75) is 39.4 Å². The minimum atomic E-state index is -4.01. The molecule has 0 amide bonds. The summed E-state index contributed by atoms with van der Waals surface area (Å²) in [6.45, 7) is 6.40. The Kier molecular flexibility index (Phi) is 5.21. The Hall–Kier alpha value is -0.450. The first-order valence-electron chi connectivity index (χ1n) is 7.01. The number of ether oxygens (including phenoxy) is 1. The Balaban J connectivity index is 1.76. The first kappa shape index (κ1) is 15.9. The Labute approximate surface area is 120 Å². The van der Waals surface area contributed by atoms with E-state index in [9.17, 15) is 9.46 Å². The fraction of sp³-hybridized carbons (Fsp3) is 0.714. The fourth-order valence-corrected chi connectivity index (χ4v) is 3.19. The highest BCUT2D eigenvalue weighted by Crippen LogP contribution is 2.45. The highest BCUT2D eigenvalue weighted by Gasteiger charge is 2.38. The topological polar surface area (TPSA) is 65.0 Å². The van der Waals surface area contributed by atoms with Crippen molar-refractivity contribution < 1.29 is 23.2 Å². The van der Waals surface area contributed by atoms with Crippen molar-refractivity contribution in [2.75, 3.05) is 13.2 Å². The van der Waals surface area contributed by atoms with E-state index in [0.717, 1.165) is 12.0 Å². The van der Waals surface area contributed by atoms with Crippen molar-refractivity contribution in [3.8, 4) is 0 Å². The van der Waals surface area contributed by atoms with E-state index in [2.05, 4.69) is 13.8 Å². The van der Waals surface area contributed by atoms with Gasteiger partial charge in [0.15, 0.2) is 0 Å². The second kappa shape index (κ2) is 6.54. The summed E-state index contributed by atoms with van der Waals surface area (Å²) in [6.07, 6.45) is 6.50. The van der Waals surface area contributed by atoms with E-state index < -0.39 is 7.82 Å². The molecule has 5 atom stereocenters. The minimum absolute atomic E-state index is 0.0842. The number of hydrogen-bond donors (Lipinski definition) is 1. The molecule has 1 saturated heterocycles. The van der Waals surface area contributed by atoms with E-state index in [0.29, 0.717) is 11.8 Å². The highest BCUT2D eigenvalue weighted by atomic mass is 31.2. The molecule has 20 heavy (non-hydrogen) atoms. The molecule has 6 heteroatoms. The van der Waals surface area contributed by atoms with Crippen LogP contribution in [0.4, 0.5) is 0 Å². The molecule has 1 fully saturated rings. The van der Waals surface area contributed by atoms with Gasteiger partial charge in [-0.05, 0) is 30.8 Å². The normalized spacial score (nSPS) is 36.1. The molecule has 1 N–H and O–H groups in total. The second-order valence-electron chi connectivity index (χ2n) is 5.59. The zero-order valence-corrected chi connectivity index (χ0v) is 13.1. The molecule has 0 aromatic carbocycles. The van der Waals surface area contributed by atoms with Gasteiger partial charge in [-0.2, -0.15) is 0 Å². The molecule has 0 aromatic rings. The molecule has 5 nitrogen and oxygen atoms in total. The molecule has 0 radical (unpaired) electrons. The second-order valence-corrected chi connectivity index (χ2v) is 7.05. The van der Waals surface area contributed by atoms with Crippen LogP contribution in [0, 0.1) is 11.8 Å². The number of phosphoric acid groups is 1. The molecule has 2 rings (SSSR count).